The van der Waals surface area contributed by atoms with Crippen LogP contribution >= 0.6 is 0 Å². The second-order valence-electron chi connectivity index (χ2n) is 7.56. The van der Waals surface area contributed by atoms with E-state index in [-0.39, 0.29) is 30.6 Å². The molecule has 0 radical (unpaired) electrons. The summed E-state index contributed by atoms with van der Waals surface area (Å²) in [5, 5.41) is 3.16. The molecule has 0 aliphatic carbocycles. The highest BCUT2D eigenvalue weighted by Crippen LogP contribution is 2.31. The molecule has 152 valence electrons. The third-order valence-corrected chi connectivity index (χ3v) is 5.54. The van der Waals surface area contributed by atoms with E-state index in [1.54, 1.807) is 4.90 Å². The van der Waals surface area contributed by atoms with Crippen molar-refractivity contribution in [3.63, 3.8) is 0 Å². The van der Waals surface area contributed by atoms with E-state index in [0.29, 0.717) is 13.2 Å². The van der Waals surface area contributed by atoms with Gasteiger partial charge in [0.15, 0.2) is 0 Å². The molecule has 1 N–H and O–H groups in total. The second-order valence-corrected chi connectivity index (χ2v) is 7.56. The Labute approximate surface area is 170 Å². The predicted molar refractivity (Wildman–Crippen MR) is 108 cm³/mol. The van der Waals surface area contributed by atoms with Gasteiger partial charge in [-0.3, -0.25) is 9.59 Å². The number of fused-ring (bicyclic) bond motifs is 1. The number of amides is 2. The summed E-state index contributed by atoms with van der Waals surface area (Å²) in [4.78, 5) is 27.6. The molecule has 2 aromatic rings. The molecule has 0 saturated carbocycles. The Bertz CT molecular complexity index is 870. The Morgan fingerprint density at radius 3 is 2.72 bits per heavy atom. The fourth-order valence-corrected chi connectivity index (χ4v) is 4.04. The average Bonchev–Trinajstić information content (AvgIpc) is 2.94. The molecular formula is C23H26N2O4. The zero-order valence-electron chi connectivity index (χ0n) is 16.5. The van der Waals surface area contributed by atoms with E-state index in [4.69, 9.17) is 9.47 Å². The first-order valence-corrected chi connectivity index (χ1v) is 10.1. The maximum Gasteiger partial charge on any atom is 0.249 e. The lowest BCUT2D eigenvalue weighted by Gasteiger charge is -2.39. The number of nitrogens with one attached hydrogen (secondary N) is 1. The molecule has 2 aromatic carbocycles. The van der Waals surface area contributed by atoms with Crippen LogP contribution in [0.1, 0.15) is 36.9 Å². The number of carbonyl (C=O) groups is 2. The second kappa shape index (κ2) is 8.66. The van der Waals surface area contributed by atoms with Crippen LogP contribution < -0.4 is 10.1 Å². The van der Waals surface area contributed by atoms with Crippen molar-refractivity contribution in [2.45, 2.75) is 44.5 Å². The normalized spacial score (nSPS) is 24.2. The summed E-state index contributed by atoms with van der Waals surface area (Å²) in [5.74, 6) is 0.445. The first kappa shape index (κ1) is 19.5. The molecule has 2 amide bonds. The minimum absolute atomic E-state index is 0.00210. The lowest BCUT2D eigenvalue weighted by Crippen LogP contribution is -2.59. The number of hydrogen-bond acceptors (Lipinski definition) is 4. The lowest BCUT2D eigenvalue weighted by molar-refractivity contribution is -0.163. The van der Waals surface area contributed by atoms with Crippen LogP contribution in [0.4, 0.5) is 0 Å². The van der Waals surface area contributed by atoms with Crippen LogP contribution in [0.5, 0.6) is 5.75 Å². The highest BCUT2D eigenvalue weighted by atomic mass is 16.5. The Balaban J connectivity index is 1.56. The molecule has 4 rings (SSSR count). The van der Waals surface area contributed by atoms with E-state index in [0.717, 1.165) is 29.7 Å². The Hall–Kier alpha value is -2.86. The van der Waals surface area contributed by atoms with E-state index in [9.17, 15) is 9.59 Å². The van der Waals surface area contributed by atoms with Crippen molar-refractivity contribution in [2.75, 3.05) is 13.2 Å². The number of rotatable bonds is 4. The van der Waals surface area contributed by atoms with Gasteiger partial charge in [-0.05, 0) is 31.4 Å². The Morgan fingerprint density at radius 2 is 1.90 bits per heavy atom. The van der Waals surface area contributed by atoms with Crippen molar-refractivity contribution >= 4 is 11.8 Å². The molecule has 0 bridgehead atoms. The maximum atomic E-state index is 13.3. The van der Waals surface area contributed by atoms with E-state index in [2.05, 4.69) is 5.32 Å². The minimum atomic E-state index is -0.673. The van der Waals surface area contributed by atoms with Gasteiger partial charge in [0.05, 0.1) is 18.8 Å². The summed E-state index contributed by atoms with van der Waals surface area (Å²) in [7, 11) is 0. The van der Waals surface area contributed by atoms with Crippen LogP contribution in [0.3, 0.4) is 0 Å². The van der Waals surface area contributed by atoms with Crippen LogP contribution in [0.25, 0.3) is 0 Å². The third kappa shape index (κ3) is 4.27. The molecule has 6 heteroatoms. The van der Waals surface area contributed by atoms with Crippen molar-refractivity contribution in [2.24, 2.45) is 0 Å². The molecule has 1 fully saturated rings. The molecule has 2 heterocycles. The lowest BCUT2D eigenvalue weighted by atomic mass is 10.00. The molecule has 0 aromatic heterocycles. The summed E-state index contributed by atoms with van der Waals surface area (Å²) in [6, 6.07) is 16.7. The topological polar surface area (TPSA) is 67.9 Å². The highest BCUT2D eigenvalue weighted by molar-refractivity contribution is 5.90. The van der Waals surface area contributed by atoms with Gasteiger partial charge in [0.25, 0.3) is 0 Å². The van der Waals surface area contributed by atoms with E-state index >= 15 is 0 Å². The number of para-hydroxylation sites is 1. The summed E-state index contributed by atoms with van der Waals surface area (Å²) in [6.45, 7) is 2.86. The first-order valence-electron chi connectivity index (χ1n) is 10.1. The first-order chi connectivity index (χ1) is 14.1. The van der Waals surface area contributed by atoms with Gasteiger partial charge in [0.1, 0.15) is 18.4 Å². The third-order valence-electron chi connectivity index (χ3n) is 5.54. The predicted octanol–water partition coefficient (Wildman–Crippen LogP) is 2.83. The van der Waals surface area contributed by atoms with Crippen molar-refractivity contribution in [1.29, 1.82) is 0 Å². The fraction of sp³-hybridized carbons (Fsp3) is 0.391. The number of nitrogens with zero attached hydrogens (tertiary/aromatic N) is 1. The molecule has 0 spiro atoms. The van der Waals surface area contributed by atoms with Crippen molar-refractivity contribution < 1.29 is 19.1 Å². The highest BCUT2D eigenvalue weighted by Gasteiger charge is 2.40. The molecule has 29 heavy (non-hydrogen) atoms. The Kier molecular flexibility index (Phi) is 5.81. The summed E-state index contributed by atoms with van der Waals surface area (Å²) in [6.07, 6.45) is 1.26. The minimum Gasteiger partial charge on any atom is -0.493 e. The maximum absolute atomic E-state index is 13.3. The number of benzene rings is 2. The zero-order valence-corrected chi connectivity index (χ0v) is 16.5. The van der Waals surface area contributed by atoms with Crippen LogP contribution in [0, 0.1) is 0 Å². The van der Waals surface area contributed by atoms with Crippen LogP contribution in [0.2, 0.25) is 0 Å². The molecule has 1 saturated heterocycles. The van der Waals surface area contributed by atoms with Gasteiger partial charge in [0.2, 0.25) is 11.8 Å². The van der Waals surface area contributed by atoms with Gasteiger partial charge in [0, 0.05) is 12.1 Å². The summed E-state index contributed by atoms with van der Waals surface area (Å²) < 4.78 is 11.4. The Morgan fingerprint density at radius 1 is 1.14 bits per heavy atom. The number of carbonyl (C=O) groups excluding carboxylic acids is 2. The molecule has 2 aliphatic rings. The molecule has 2 aliphatic heterocycles. The smallest absolute Gasteiger partial charge is 0.249 e. The number of ether oxygens (including phenoxy) is 2. The zero-order chi connectivity index (χ0) is 20.2. The van der Waals surface area contributed by atoms with E-state index in [1.165, 1.54) is 0 Å². The molecule has 3 atom stereocenters. The average molecular weight is 394 g/mol. The fourth-order valence-electron chi connectivity index (χ4n) is 4.04. The van der Waals surface area contributed by atoms with Gasteiger partial charge in [-0.2, -0.15) is 0 Å². The van der Waals surface area contributed by atoms with Crippen LogP contribution in [0.15, 0.2) is 54.6 Å². The standard InChI is InChI=1S/C23H26N2O4/c1-16-22(25(21(26)15-29-16)14-17-8-3-2-4-9-17)23(27)24-19-11-7-13-28-20-12-6-5-10-18(19)20/h2-6,8-10,12,16,19,22H,7,11,13-15H2,1H3,(H,24,27)/t16-,19?,22+/m1/s1. The van der Waals surface area contributed by atoms with Crippen molar-refractivity contribution in [3.8, 4) is 5.75 Å². The van der Waals surface area contributed by atoms with Gasteiger partial charge in [-0.25, -0.2) is 0 Å². The van der Waals surface area contributed by atoms with Gasteiger partial charge in [-0.1, -0.05) is 48.5 Å². The van der Waals surface area contributed by atoms with Crippen LogP contribution in [-0.4, -0.2) is 42.1 Å². The quantitative estimate of drug-likeness (QED) is 0.866. The molecular weight excluding hydrogens is 368 g/mol. The summed E-state index contributed by atoms with van der Waals surface area (Å²) in [5.41, 5.74) is 1.96. The van der Waals surface area contributed by atoms with Gasteiger partial charge < -0.3 is 19.7 Å². The van der Waals surface area contributed by atoms with Gasteiger partial charge >= 0.3 is 0 Å². The number of hydrogen-bond donors (Lipinski definition) is 1. The van der Waals surface area contributed by atoms with Gasteiger partial charge in [-0.15, -0.1) is 0 Å². The van der Waals surface area contributed by atoms with Crippen molar-refractivity contribution in [3.05, 3.63) is 65.7 Å². The monoisotopic (exact) mass is 394 g/mol. The molecule has 1 unspecified atom stereocenters. The van der Waals surface area contributed by atoms with Crippen molar-refractivity contribution in [1.82, 2.24) is 10.2 Å². The van der Waals surface area contributed by atoms with E-state index < -0.39 is 6.04 Å². The van der Waals surface area contributed by atoms with E-state index in [1.807, 2.05) is 61.5 Å². The number of morpholine rings is 1. The largest absolute Gasteiger partial charge is 0.493 e. The van der Waals surface area contributed by atoms with Crippen LogP contribution in [-0.2, 0) is 20.9 Å². The summed E-state index contributed by atoms with van der Waals surface area (Å²) >= 11 is 0. The molecule has 6 nitrogen and oxygen atoms in total. The SMILES string of the molecule is C[C@H]1OCC(=O)N(Cc2ccccc2)[C@@H]1C(=O)NC1CCCOc2ccccc21.